The Kier molecular flexibility index (Phi) is 6.80. The van der Waals surface area contributed by atoms with Gasteiger partial charge in [0.15, 0.2) is 11.6 Å². The highest BCUT2D eigenvalue weighted by atomic mass is 19.1. The average Bonchev–Trinajstić information content (AvgIpc) is 3.45. The first-order chi connectivity index (χ1) is 15.5. The van der Waals surface area contributed by atoms with Gasteiger partial charge in [-0.3, -0.25) is 4.79 Å². The van der Waals surface area contributed by atoms with Crippen LogP contribution in [0.2, 0.25) is 0 Å². The van der Waals surface area contributed by atoms with Crippen LogP contribution in [0.25, 0.3) is 0 Å². The first-order valence-electron chi connectivity index (χ1n) is 10.6. The molecule has 1 heterocycles. The van der Waals surface area contributed by atoms with E-state index in [4.69, 9.17) is 4.74 Å². The number of nitrogens with one attached hydrogen (secondary N) is 2. The van der Waals surface area contributed by atoms with Gasteiger partial charge in [-0.2, -0.15) is 0 Å². The van der Waals surface area contributed by atoms with E-state index >= 15 is 0 Å². The number of amides is 1. The van der Waals surface area contributed by atoms with E-state index in [1.807, 2.05) is 41.8 Å². The molecule has 8 heteroatoms. The van der Waals surface area contributed by atoms with E-state index in [9.17, 15) is 13.6 Å². The van der Waals surface area contributed by atoms with Crippen molar-refractivity contribution in [2.24, 2.45) is 0 Å². The lowest BCUT2D eigenvalue weighted by Crippen LogP contribution is -2.36. The zero-order valence-corrected chi connectivity index (χ0v) is 17.9. The quantitative estimate of drug-likeness (QED) is 0.508. The second-order valence-electron chi connectivity index (χ2n) is 7.99. The number of imidazole rings is 1. The van der Waals surface area contributed by atoms with Gasteiger partial charge >= 0.3 is 0 Å². The van der Waals surface area contributed by atoms with E-state index in [1.165, 1.54) is 6.07 Å². The predicted molar refractivity (Wildman–Crippen MR) is 116 cm³/mol. The molecule has 2 unspecified atom stereocenters. The van der Waals surface area contributed by atoms with Crippen LogP contribution in [0.4, 0.5) is 8.78 Å². The van der Waals surface area contributed by atoms with Gasteiger partial charge in [0.05, 0.1) is 12.9 Å². The summed E-state index contributed by atoms with van der Waals surface area (Å²) in [6.07, 6.45) is 4.18. The summed E-state index contributed by atoms with van der Waals surface area (Å²) in [4.78, 5) is 16.2. The van der Waals surface area contributed by atoms with E-state index < -0.39 is 11.6 Å². The van der Waals surface area contributed by atoms with Gasteiger partial charge in [0.25, 0.3) is 0 Å². The van der Waals surface area contributed by atoms with E-state index in [-0.39, 0.29) is 36.8 Å². The Balaban J connectivity index is 1.29. The van der Waals surface area contributed by atoms with E-state index in [1.54, 1.807) is 12.5 Å². The highest BCUT2D eigenvalue weighted by Crippen LogP contribution is 2.46. The molecular formula is C24H26F2N4O2. The van der Waals surface area contributed by atoms with E-state index in [0.717, 1.165) is 17.3 Å². The van der Waals surface area contributed by atoms with Crippen molar-refractivity contribution < 1.29 is 18.3 Å². The van der Waals surface area contributed by atoms with Crippen LogP contribution < -0.4 is 15.4 Å². The van der Waals surface area contributed by atoms with E-state index in [2.05, 4.69) is 15.6 Å². The summed E-state index contributed by atoms with van der Waals surface area (Å²) < 4.78 is 36.1. The van der Waals surface area contributed by atoms with Crippen molar-refractivity contribution in [3.63, 3.8) is 0 Å². The molecule has 2 aromatic carbocycles. The summed E-state index contributed by atoms with van der Waals surface area (Å²) in [6, 6.07) is 11.5. The number of aromatic nitrogens is 2. The van der Waals surface area contributed by atoms with Crippen LogP contribution in [0, 0.1) is 18.6 Å². The Hall–Kier alpha value is -3.26. The maximum Gasteiger partial charge on any atom is 0.234 e. The summed E-state index contributed by atoms with van der Waals surface area (Å²) in [5.74, 6) is -1.51. The normalized spacial score (nSPS) is 17.2. The minimum absolute atomic E-state index is 0.0306. The smallest absolute Gasteiger partial charge is 0.234 e. The third-order valence-electron chi connectivity index (χ3n) is 5.57. The number of rotatable bonds is 10. The number of nitrogens with zero attached hydrogens (tertiary/aromatic N) is 2. The molecule has 1 fully saturated rings. The second kappa shape index (κ2) is 9.91. The van der Waals surface area contributed by atoms with Crippen molar-refractivity contribution >= 4 is 5.91 Å². The number of hydrogen-bond donors (Lipinski definition) is 2. The third-order valence-corrected chi connectivity index (χ3v) is 5.57. The van der Waals surface area contributed by atoms with Gasteiger partial charge in [-0.1, -0.05) is 30.3 Å². The van der Waals surface area contributed by atoms with Crippen LogP contribution in [0.15, 0.2) is 55.0 Å². The summed E-state index contributed by atoms with van der Waals surface area (Å²) in [5, 5.41) is 6.03. The highest BCUT2D eigenvalue weighted by molar-refractivity contribution is 5.78. The molecule has 0 radical (unpaired) electrons. The Labute approximate surface area is 185 Å². The second-order valence-corrected chi connectivity index (χ2v) is 7.99. The Bertz CT molecular complexity index is 1070. The molecular weight excluding hydrogens is 414 g/mol. The summed E-state index contributed by atoms with van der Waals surface area (Å²) >= 11 is 0. The first-order valence-corrected chi connectivity index (χ1v) is 10.6. The van der Waals surface area contributed by atoms with Crippen molar-refractivity contribution in [1.29, 1.82) is 0 Å². The minimum atomic E-state index is -0.714. The Morgan fingerprint density at radius 1 is 1.25 bits per heavy atom. The molecule has 0 saturated heterocycles. The molecule has 2 N–H and O–H groups in total. The lowest BCUT2D eigenvalue weighted by Gasteiger charge is -2.13. The molecule has 168 valence electrons. The fourth-order valence-corrected chi connectivity index (χ4v) is 3.73. The average molecular weight is 440 g/mol. The van der Waals surface area contributed by atoms with Gasteiger partial charge in [-0.15, -0.1) is 0 Å². The molecule has 2 atom stereocenters. The first kappa shape index (κ1) is 22.0. The molecule has 32 heavy (non-hydrogen) atoms. The number of hydrogen-bond acceptors (Lipinski definition) is 4. The number of carbonyl (C=O) groups excluding carboxylic acids is 1. The molecule has 1 aromatic heterocycles. The summed E-state index contributed by atoms with van der Waals surface area (Å²) in [7, 11) is 0. The van der Waals surface area contributed by atoms with Crippen LogP contribution in [-0.2, 0) is 17.9 Å². The molecule has 0 spiro atoms. The third kappa shape index (κ3) is 5.50. The SMILES string of the molecule is Cc1cncn1CCNC(=O)CNC1CC1c1cc(F)cc(F)c1OCc1ccccc1. The molecule has 4 rings (SSSR count). The number of aryl methyl sites for hydroxylation is 1. The van der Waals surface area contributed by atoms with Crippen molar-refractivity contribution in [3.05, 3.63) is 83.4 Å². The monoisotopic (exact) mass is 440 g/mol. The fourth-order valence-electron chi connectivity index (χ4n) is 3.73. The molecule has 1 aliphatic carbocycles. The molecule has 1 aliphatic rings. The Morgan fingerprint density at radius 2 is 2.06 bits per heavy atom. The number of ether oxygens (including phenoxy) is 1. The lowest BCUT2D eigenvalue weighted by atomic mass is 10.1. The van der Waals surface area contributed by atoms with Gasteiger partial charge in [-0.25, -0.2) is 13.8 Å². The molecule has 1 saturated carbocycles. The number of halogens is 2. The predicted octanol–water partition coefficient (Wildman–Crippen LogP) is 3.31. The summed E-state index contributed by atoms with van der Waals surface area (Å²) in [5.41, 5.74) is 2.42. The lowest BCUT2D eigenvalue weighted by molar-refractivity contribution is -0.120. The van der Waals surface area contributed by atoms with Gasteiger partial charge < -0.3 is 19.9 Å². The molecule has 1 amide bonds. The van der Waals surface area contributed by atoms with Crippen molar-refractivity contribution in [2.45, 2.75) is 38.5 Å². The van der Waals surface area contributed by atoms with Crippen molar-refractivity contribution in [1.82, 2.24) is 20.2 Å². The molecule has 6 nitrogen and oxygen atoms in total. The standard InChI is InChI=1S/C24H26F2N4O2/c1-16-12-27-15-30(16)8-7-28-23(31)13-29-22-11-19(22)20-9-18(25)10-21(26)24(20)32-14-17-5-3-2-4-6-17/h2-6,9-10,12,15,19,22,29H,7-8,11,13-14H2,1H3,(H,28,31). The Morgan fingerprint density at radius 3 is 2.81 bits per heavy atom. The number of benzene rings is 2. The fraction of sp³-hybridized carbons (Fsp3) is 0.333. The topological polar surface area (TPSA) is 68.2 Å². The largest absolute Gasteiger partial charge is 0.486 e. The van der Waals surface area contributed by atoms with Crippen molar-refractivity contribution in [3.8, 4) is 5.75 Å². The van der Waals surface area contributed by atoms with Crippen LogP contribution in [0.1, 0.15) is 29.2 Å². The summed E-state index contributed by atoms with van der Waals surface area (Å²) in [6.45, 7) is 3.44. The van der Waals surface area contributed by atoms with Gasteiger partial charge in [0.1, 0.15) is 12.4 Å². The molecule has 3 aromatic rings. The van der Waals surface area contributed by atoms with Gasteiger partial charge in [0, 0.05) is 48.6 Å². The minimum Gasteiger partial charge on any atom is -0.486 e. The molecule has 0 aliphatic heterocycles. The maximum absolute atomic E-state index is 14.5. The van der Waals surface area contributed by atoms with Crippen LogP contribution in [0.5, 0.6) is 5.75 Å². The number of carbonyl (C=O) groups is 1. The van der Waals surface area contributed by atoms with Gasteiger partial charge in [0.2, 0.25) is 5.91 Å². The van der Waals surface area contributed by atoms with Crippen LogP contribution in [-0.4, -0.2) is 34.6 Å². The zero-order valence-electron chi connectivity index (χ0n) is 17.9. The van der Waals surface area contributed by atoms with E-state index in [0.29, 0.717) is 25.1 Å². The van der Waals surface area contributed by atoms with Crippen molar-refractivity contribution in [2.75, 3.05) is 13.1 Å². The maximum atomic E-state index is 14.5. The van der Waals surface area contributed by atoms with Crippen LogP contribution >= 0.6 is 0 Å². The molecule has 0 bridgehead atoms. The zero-order chi connectivity index (χ0) is 22.5. The highest BCUT2D eigenvalue weighted by Gasteiger charge is 2.41. The van der Waals surface area contributed by atoms with Crippen LogP contribution in [0.3, 0.4) is 0 Å². The van der Waals surface area contributed by atoms with Gasteiger partial charge in [-0.05, 0) is 25.0 Å².